The van der Waals surface area contributed by atoms with Crippen LogP contribution in [0.25, 0.3) is 0 Å². The number of hydrogen-bond donors (Lipinski definition) is 0. The summed E-state index contributed by atoms with van der Waals surface area (Å²) in [6, 6.07) is 0.423. The summed E-state index contributed by atoms with van der Waals surface area (Å²) < 4.78 is 11.4. The van der Waals surface area contributed by atoms with Crippen molar-refractivity contribution < 1.29 is 23.9 Å². The van der Waals surface area contributed by atoms with Gasteiger partial charge in [-0.05, 0) is 72.4 Å². The summed E-state index contributed by atoms with van der Waals surface area (Å²) in [6.45, 7) is 8.50. The Morgan fingerprint density at radius 3 is 1.74 bits per heavy atom. The zero-order valence-corrected chi connectivity index (χ0v) is 31.6. The molecule has 0 aliphatic heterocycles. The molecule has 0 aromatic rings. The average molecular weight is 669 g/mol. The van der Waals surface area contributed by atoms with E-state index in [4.69, 9.17) is 9.47 Å². The van der Waals surface area contributed by atoms with Crippen LogP contribution in [0, 0.1) is 0 Å². The monoisotopic (exact) mass is 669 g/mol. The van der Waals surface area contributed by atoms with E-state index in [0.717, 1.165) is 64.2 Å². The molecule has 8 heteroatoms. The van der Waals surface area contributed by atoms with Gasteiger partial charge in [-0.2, -0.15) is 0 Å². The van der Waals surface area contributed by atoms with Gasteiger partial charge in [0.2, 0.25) is 0 Å². The van der Waals surface area contributed by atoms with E-state index >= 15 is 0 Å². The maximum atomic E-state index is 13.2. The minimum atomic E-state index is -0.505. The Kier molecular flexibility index (Phi) is 31.0. The Labute approximate surface area is 288 Å². The second-order valence-electron chi connectivity index (χ2n) is 13.2. The second kappa shape index (κ2) is 32.0. The van der Waals surface area contributed by atoms with E-state index in [1.807, 2.05) is 12.2 Å². The van der Waals surface area contributed by atoms with Gasteiger partial charge in [0.05, 0.1) is 0 Å². The second-order valence-corrected chi connectivity index (χ2v) is 14.2. The molecule has 0 aromatic heterocycles. The Balaban J connectivity index is 5.14. The largest absolute Gasteiger partial charge is 0.461 e. The molecule has 1 atom stereocenters. The van der Waals surface area contributed by atoms with Crippen LogP contribution in [0.3, 0.4) is 0 Å². The molecule has 0 bridgehead atoms. The first-order valence-corrected chi connectivity index (χ1v) is 19.8. The molecule has 46 heavy (non-hydrogen) atoms. The number of thioether (sulfide) groups is 1. The molecule has 0 saturated carbocycles. The lowest BCUT2D eigenvalue weighted by atomic mass is 10.0. The number of unbranched alkanes of at least 4 members (excludes halogenated alkanes) is 14. The minimum absolute atomic E-state index is 0.142. The van der Waals surface area contributed by atoms with Crippen LogP contribution in [0.15, 0.2) is 12.2 Å². The molecule has 7 nitrogen and oxygen atoms in total. The first-order chi connectivity index (χ1) is 22.2. The van der Waals surface area contributed by atoms with E-state index in [1.54, 1.807) is 0 Å². The van der Waals surface area contributed by atoms with Crippen LogP contribution in [0.1, 0.15) is 163 Å². The Morgan fingerprint density at radius 2 is 1.17 bits per heavy atom. The van der Waals surface area contributed by atoms with E-state index in [-0.39, 0.29) is 31.0 Å². The Morgan fingerprint density at radius 1 is 0.652 bits per heavy atom. The van der Waals surface area contributed by atoms with Crippen molar-refractivity contribution in [1.29, 1.82) is 0 Å². The molecule has 0 aliphatic rings. The molecule has 0 aliphatic carbocycles. The van der Waals surface area contributed by atoms with Crippen molar-refractivity contribution in [1.82, 2.24) is 9.80 Å². The van der Waals surface area contributed by atoms with Crippen molar-refractivity contribution in [3.05, 3.63) is 12.2 Å². The van der Waals surface area contributed by atoms with Gasteiger partial charge in [-0.1, -0.05) is 128 Å². The molecule has 270 valence electrons. The lowest BCUT2D eigenvalue weighted by Gasteiger charge is -2.23. The van der Waals surface area contributed by atoms with Gasteiger partial charge in [-0.3, -0.25) is 14.4 Å². The Bertz CT molecular complexity index is 760. The number of carbonyl (C=O) groups excluding carboxylic acids is 3. The van der Waals surface area contributed by atoms with Crippen LogP contribution in [0.4, 0.5) is 4.79 Å². The summed E-state index contributed by atoms with van der Waals surface area (Å²) >= 11 is 1.17. The highest BCUT2D eigenvalue weighted by Gasteiger charge is 2.24. The molecule has 0 N–H and O–H groups in total. The third kappa shape index (κ3) is 27.6. The number of hydrogen-bond acceptors (Lipinski definition) is 7. The number of rotatable bonds is 31. The highest BCUT2D eigenvalue weighted by atomic mass is 32.2. The molecule has 1 unspecified atom stereocenters. The topological polar surface area (TPSA) is 76.1 Å². The molecule has 0 rings (SSSR count). The van der Waals surface area contributed by atoms with Gasteiger partial charge in [0.1, 0.15) is 25.8 Å². The first-order valence-electron chi connectivity index (χ1n) is 18.8. The van der Waals surface area contributed by atoms with Gasteiger partial charge in [-0.15, -0.1) is 0 Å². The van der Waals surface area contributed by atoms with E-state index in [1.165, 1.54) is 87.3 Å². The molecule has 0 fully saturated rings. The summed E-state index contributed by atoms with van der Waals surface area (Å²) in [5.41, 5.74) is 0. The van der Waals surface area contributed by atoms with Crippen molar-refractivity contribution in [3.63, 3.8) is 0 Å². The quantitative estimate of drug-likeness (QED) is 0.0413. The first kappa shape index (κ1) is 44.5. The molecule has 1 amide bonds. The normalized spacial score (nSPS) is 12.3. The van der Waals surface area contributed by atoms with Crippen molar-refractivity contribution in [2.45, 2.75) is 175 Å². The van der Waals surface area contributed by atoms with Crippen LogP contribution >= 0.6 is 11.8 Å². The smallest absolute Gasteiger partial charge is 0.326 e. The van der Waals surface area contributed by atoms with Gasteiger partial charge < -0.3 is 19.3 Å². The molecule has 0 saturated heterocycles. The van der Waals surface area contributed by atoms with Crippen molar-refractivity contribution in [3.8, 4) is 0 Å². The zero-order valence-electron chi connectivity index (χ0n) is 30.8. The van der Waals surface area contributed by atoms with Crippen molar-refractivity contribution in [2.24, 2.45) is 0 Å². The summed E-state index contributed by atoms with van der Waals surface area (Å²) in [6.07, 6.45) is 27.4. The van der Waals surface area contributed by atoms with E-state index in [2.05, 4.69) is 46.7 Å². The van der Waals surface area contributed by atoms with Crippen LogP contribution in [-0.4, -0.2) is 78.7 Å². The maximum Gasteiger partial charge on any atom is 0.326 e. The molecule has 0 spiro atoms. The van der Waals surface area contributed by atoms with Crippen LogP contribution in [-0.2, 0) is 19.1 Å². The predicted molar refractivity (Wildman–Crippen MR) is 197 cm³/mol. The summed E-state index contributed by atoms with van der Waals surface area (Å²) in [5, 5.41) is -0.277. The van der Waals surface area contributed by atoms with E-state index < -0.39 is 11.9 Å². The summed E-state index contributed by atoms with van der Waals surface area (Å²) in [7, 11) is 4.10. The highest BCUT2D eigenvalue weighted by Crippen LogP contribution is 2.19. The molecule has 0 heterocycles. The van der Waals surface area contributed by atoms with Gasteiger partial charge in [0.25, 0.3) is 5.24 Å². The van der Waals surface area contributed by atoms with Crippen molar-refractivity contribution in [2.75, 3.05) is 39.5 Å². The third-order valence-corrected chi connectivity index (χ3v) is 9.56. The lowest BCUT2D eigenvalue weighted by molar-refractivity contribution is -0.151. The highest BCUT2D eigenvalue weighted by molar-refractivity contribution is 8.13. The van der Waals surface area contributed by atoms with Gasteiger partial charge in [0.15, 0.2) is 0 Å². The van der Waals surface area contributed by atoms with Crippen LogP contribution in [0.2, 0.25) is 0 Å². The average Bonchev–Trinajstić information content (AvgIpc) is 3.03. The van der Waals surface area contributed by atoms with Gasteiger partial charge in [0, 0.05) is 11.8 Å². The molecular weight excluding hydrogens is 596 g/mol. The standard InChI is InChI=1S/C38H72N2O5S/c1-7-10-13-16-19-22-25-30-44-36(41)32-40(38(43)46-31-26-27-34(4)39(5)6)33-37(42)45-35(28-23-20-17-14-11-8-2)29-24-21-18-15-12-9-3/h22,25,34-35H,7-21,23-24,26-33H2,1-6H3/b25-22-. The molecular formula is C38H72N2O5S. The fraction of sp³-hybridized carbons (Fsp3) is 0.868. The number of amides is 1. The summed E-state index contributed by atoms with van der Waals surface area (Å²) in [4.78, 5) is 42.6. The fourth-order valence-electron chi connectivity index (χ4n) is 5.24. The van der Waals surface area contributed by atoms with Gasteiger partial charge in [-0.25, -0.2) is 0 Å². The number of carbonyl (C=O) groups is 3. The van der Waals surface area contributed by atoms with E-state index in [9.17, 15) is 14.4 Å². The lowest BCUT2D eigenvalue weighted by Crippen LogP contribution is -2.39. The number of nitrogens with zero attached hydrogens (tertiary/aromatic N) is 2. The number of ether oxygens (including phenoxy) is 2. The Hall–Kier alpha value is -1.54. The van der Waals surface area contributed by atoms with Gasteiger partial charge >= 0.3 is 11.9 Å². The van der Waals surface area contributed by atoms with Crippen LogP contribution < -0.4 is 0 Å². The predicted octanol–water partition coefficient (Wildman–Crippen LogP) is 10.4. The number of esters is 2. The van der Waals surface area contributed by atoms with Crippen LogP contribution in [0.5, 0.6) is 0 Å². The van der Waals surface area contributed by atoms with E-state index in [0.29, 0.717) is 11.8 Å². The minimum Gasteiger partial charge on any atom is -0.461 e. The summed E-state index contributed by atoms with van der Waals surface area (Å²) in [5.74, 6) is -0.303. The zero-order chi connectivity index (χ0) is 34.3. The maximum absolute atomic E-state index is 13.2. The molecule has 0 aromatic carbocycles. The van der Waals surface area contributed by atoms with Crippen molar-refractivity contribution >= 4 is 28.9 Å². The number of allylic oxidation sites excluding steroid dienone is 1. The SMILES string of the molecule is CCCCCC/C=C\COC(=O)CN(CC(=O)OC(CCCCCCCC)CCCCCCCC)C(=O)SCCCC(C)N(C)C. The molecule has 0 radical (unpaired) electrons. The third-order valence-electron chi connectivity index (χ3n) is 8.56. The fourth-order valence-corrected chi connectivity index (χ4v) is 6.03.